The Morgan fingerprint density at radius 1 is 1.20 bits per heavy atom. The summed E-state index contributed by atoms with van der Waals surface area (Å²) in [7, 11) is 1.46. The minimum atomic E-state index is -0.376. The summed E-state index contributed by atoms with van der Waals surface area (Å²) in [6.45, 7) is 6.99. The van der Waals surface area contributed by atoms with Gasteiger partial charge in [0.25, 0.3) is 0 Å². The van der Waals surface area contributed by atoms with Crippen molar-refractivity contribution >= 4 is 5.97 Å². The molecule has 0 N–H and O–H groups in total. The number of methoxy groups -OCH3 is 1. The Kier molecular flexibility index (Phi) is 4.58. The van der Waals surface area contributed by atoms with E-state index in [2.05, 4.69) is 4.90 Å². The molecule has 1 rings (SSSR count). The lowest BCUT2D eigenvalue weighted by atomic mass is 9.93. The van der Waals surface area contributed by atoms with Gasteiger partial charge >= 0.3 is 5.97 Å². The second-order valence-corrected chi connectivity index (χ2v) is 5.07. The highest BCUT2D eigenvalue weighted by atomic mass is 16.5. The second-order valence-electron chi connectivity index (χ2n) is 5.07. The van der Waals surface area contributed by atoms with E-state index in [1.807, 2.05) is 13.8 Å². The fraction of sp³-hybridized carbons (Fsp3) is 0.917. The lowest BCUT2D eigenvalue weighted by Crippen LogP contribution is -2.40. The van der Waals surface area contributed by atoms with E-state index in [9.17, 15) is 4.79 Å². The van der Waals surface area contributed by atoms with Crippen LogP contribution in [-0.2, 0) is 9.53 Å². The van der Waals surface area contributed by atoms with Gasteiger partial charge in [0, 0.05) is 6.54 Å². The van der Waals surface area contributed by atoms with Gasteiger partial charge in [-0.05, 0) is 39.8 Å². The summed E-state index contributed by atoms with van der Waals surface area (Å²) in [6, 6.07) is 0. The largest absolute Gasteiger partial charge is 0.469 e. The second kappa shape index (κ2) is 5.50. The SMILES string of the molecule is COC(=O)C(C)(C)CN1CCCCCC1. The molecule has 0 atom stereocenters. The maximum atomic E-state index is 11.5. The molecule has 0 aliphatic carbocycles. The zero-order valence-corrected chi connectivity index (χ0v) is 10.2. The Bertz CT molecular complexity index is 206. The van der Waals surface area contributed by atoms with Gasteiger partial charge in [-0.3, -0.25) is 4.79 Å². The highest BCUT2D eigenvalue weighted by Gasteiger charge is 2.31. The van der Waals surface area contributed by atoms with E-state index >= 15 is 0 Å². The van der Waals surface area contributed by atoms with Crippen molar-refractivity contribution in [2.75, 3.05) is 26.7 Å². The molecule has 3 nitrogen and oxygen atoms in total. The van der Waals surface area contributed by atoms with Crippen LogP contribution in [0, 0.1) is 5.41 Å². The number of hydrogen-bond acceptors (Lipinski definition) is 3. The first-order valence-corrected chi connectivity index (χ1v) is 5.87. The third kappa shape index (κ3) is 3.82. The van der Waals surface area contributed by atoms with Crippen molar-refractivity contribution in [3.63, 3.8) is 0 Å². The number of likely N-dealkylation sites (tertiary alicyclic amines) is 1. The summed E-state index contributed by atoms with van der Waals surface area (Å²) in [5, 5.41) is 0. The fourth-order valence-electron chi connectivity index (χ4n) is 2.19. The molecule has 1 fully saturated rings. The molecule has 0 aromatic carbocycles. The van der Waals surface area contributed by atoms with Crippen molar-refractivity contribution in [3.05, 3.63) is 0 Å². The van der Waals surface area contributed by atoms with E-state index in [0.717, 1.165) is 19.6 Å². The highest BCUT2D eigenvalue weighted by Crippen LogP contribution is 2.21. The smallest absolute Gasteiger partial charge is 0.312 e. The van der Waals surface area contributed by atoms with Crippen molar-refractivity contribution in [1.82, 2.24) is 4.90 Å². The minimum absolute atomic E-state index is 0.105. The summed E-state index contributed by atoms with van der Waals surface area (Å²) in [6.07, 6.45) is 5.18. The number of esters is 1. The monoisotopic (exact) mass is 213 g/mol. The van der Waals surface area contributed by atoms with Crippen LogP contribution in [0.3, 0.4) is 0 Å². The fourth-order valence-corrected chi connectivity index (χ4v) is 2.19. The number of rotatable bonds is 3. The molecular weight excluding hydrogens is 190 g/mol. The molecule has 15 heavy (non-hydrogen) atoms. The van der Waals surface area contributed by atoms with Crippen LogP contribution in [0.25, 0.3) is 0 Å². The van der Waals surface area contributed by atoms with Gasteiger partial charge in [0.05, 0.1) is 12.5 Å². The van der Waals surface area contributed by atoms with Crippen LogP contribution in [0.1, 0.15) is 39.5 Å². The first-order chi connectivity index (χ1) is 7.06. The molecule has 1 saturated heterocycles. The molecule has 0 aromatic rings. The number of carbonyl (C=O) groups is 1. The number of ether oxygens (including phenoxy) is 1. The minimum Gasteiger partial charge on any atom is -0.469 e. The Morgan fingerprint density at radius 2 is 1.73 bits per heavy atom. The van der Waals surface area contributed by atoms with E-state index in [-0.39, 0.29) is 11.4 Å². The van der Waals surface area contributed by atoms with Crippen LogP contribution < -0.4 is 0 Å². The number of hydrogen-bond donors (Lipinski definition) is 0. The molecule has 0 bridgehead atoms. The first-order valence-electron chi connectivity index (χ1n) is 5.87. The van der Waals surface area contributed by atoms with E-state index < -0.39 is 0 Å². The third-order valence-corrected chi connectivity index (χ3v) is 3.06. The predicted octanol–water partition coefficient (Wildman–Crippen LogP) is 2.06. The summed E-state index contributed by atoms with van der Waals surface area (Å²) in [5.74, 6) is -0.105. The third-order valence-electron chi connectivity index (χ3n) is 3.06. The van der Waals surface area contributed by atoms with Gasteiger partial charge in [-0.15, -0.1) is 0 Å². The zero-order chi connectivity index (χ0) is 11.3. The molecule has 1 heterocycles. The molecule has 0 amide bonds. The van der Waals surface area contributed by atoms with Gasteiger partial charge < -0.3 is 9.64 Å². The van der Waals surface area contributed by atoms with Crippen LogP contribution in [-0.4, -0.2) is 37.6 Å². The molecule has 0 saturated carbocycles. The van der Waals surface area contributed by atoms with Crippen molar-refractivity contribution in [3.8, 4) is 0 Å². The zero-order valence-electron chi connectivity index (χ0n) is 10.2. The normalized spacial score (nSPS) is 19.7. The highest BCUT2D eigenvalue weighted by molar-refractivity contribution is 5.76. The Hall–Kier alpha value is -0.570. The van der Waals surface area contributed by atoms with Crippen molar-refractivity contribution in [2.45, 2.75) is 39.5 Å². The predicted molar refractivity (Wildman–Crippen MR) is 60.7 cm³/mol. The quantitative estimate of drug-likeness (QED) is 0.672. The van der Waals surface area contributed by atoms with Gasteiger partial charge in [-0.1, -0.05) is 12.8 Å². The van der Waals surface area contributed by atoms with Crippen LogP contribution in [0.2, 0.25) is 0 Å². The number of carbonyl (C=O) groups excluding carboxylic acids is 1. The van der Waals surface area contributed by atoms with E-state index in [1.165, 1.54) is 32.8 Å². The van der Waals surface area contributed by atoms with E-state index in [1.54, 1.807) is 0 Å². The maximum Gasteiger partial charge on any atom is 0.312 e. The Balaban J connectivity index is 2.47. The summed E-state index contributed by atoms with van der Waals surface area (Å²) < 4.78 is 4.82. The van der Waals surface area contributed by atoms with Gasteiger partial charge in [0.1, 0.15) is 0 Å². The molecule has 3 heteroatoms. The molecule has 0 unspecified atom stereocenters. The van der Waals surface area contributed by atoms with Gasteiger partial charge in [0.15, 0.2) is 0 Å². The molecule has 1 aliphatic rings. The summed E-state index contributed by atoms with van der Waals surface area (Å²) in [4.78, 5) is 13.9. The first kappa shape index (κ1) is 12.5. The van der Waals surface area contributed by atoms with Crippen LogP contribution in [0.5, 0.6) is 0 Å². The maximum absolute atomic E-state index is 11.5. The topological polar surface area (TPSA) is 29.5 Å². The van der Waals surface area contributed by atoms with Crippen molar-refractivity contribution in [1.29, 1.82) is 0 Å². The number of nitrogens with zero attached hydrogens (tertiary/aromatic N) is 1. The molecule has 1 aliphatic heterocycles. The van der Waals surface area contributed by atoms with Crippen molar-refractivity contribution < 1.29 is 9.53 Å². The lowest BCUT2D eigenvalue weighted by molar-refractivity contribution is -0.151. The van der Waals surface area contributed by atoms with E-state index in [0.29, 0.717) is 0 Å². The Morgan fingerprint density at radius 3 is 2.20 bits per heavy atom. The van der Waals surface area contributed by atoms with Crippen LogP contribution in [0.15, 0.2) is 0 Å². The average molecular weight is 213 g/mol. The molecular formula is C12H23NO2. The average Bonchev–Trinajstić information content (AvgIpc) is 2.44. The standard InChI is InChI=1S/C12H23NO2/c1-12(2,11(14)15-3)10-13-8-6-4-5-7-9-13/h4-10H2,1-3H3. The molecule has 0 radical (unpaired) electrons. The van der Waals surface area contributed by atoms with Crippen molar-refractivity contribution in [2.24, 2.45) is 5.41 Å². The van der Waals surface area contributed by atoms with Crippen LogP contribution in [0.4, 0.5) is 0 Å². The molecule has 88 valence electrons. The molecule has 0 aromatic heterocycles. The van der Waals surface area contributed by atoms with Gasteiger partial charge in [0.2, 0.25) is 0 Å². The summed E-state index contributed by atoms with van der Waals surface area (Å²) >= 11 is 0. The van der Waals surface area contributed by atoms with Gasteiger partial charge in [-0.2, -0.15) is 0 Å². The Labute approximate surface area is 92.8 Å². The van der Waals surface area contributed by atoms with E-state index in [4.69, 9.17) is 4.74 Å². The molecule has 0 spiro atoms. The lowest BCUT2D eigenvalue weighted by Gasteiger charge is -2.29. The van der Waals surface area contributed by atoms with Crippen LogP contribution >= 0.6 is 0 Å². The van der Waals surface area contributed by atoms with Gasteiger partial charge in [-0.25, -0.2) is 0 Å². The summed E-state index contributed by atoms with van der Waals surface area (Å²) in [5.41, 5.74) is -0.376.